The van der Waals surface area contributed by atoms with Crippen molar-refractivity contribution in [3.05, 3.63) is 47.5 Å². The van der Waals surface area contributed by atoms with E-state index in [-0.39, 0.29) is 18.6 Å². The lowest BCUT2D eigenvalue weighted by Gasteiger charge is -2.18. The topological polar surface area (TPSA) is 220 Å². The highest BCUT2D eigenvalue weighted by atomic mass is 31.2. The fraction of sp³-hybridized carbons (Fsp3) is 0.222. The summed E-state index contributed by atoms with van der Waals surface area (Å²) in [6.45, 7) is 0. The van der Waals surface area contributed by atoms with Gasteiger partial charge in [-0.2, -0.15) is 0 Å². The zero-order valence-corrected chi connectivity index (χ0v) is 16.8. The Bertz CT molecular complexity index is 1020. The standard InChI is InChI=1S/C18H21N2O10P/c19-11(5-9-2-4-16(15(23)8-9)30-31(27,28)29)17(24)20-12(18(25)26)6-10-1-3-13(21)14(22)7-10/h1-4,7-8,11-12,21-23H,5-6,19H2,(H,20,24)(H,25,26)(H2,27,28,29)/t11-,12-/m0/s1. The molecule has 31 heavy (non-hydrogen) atoms. The van der Waals surface area contributed by atoms with Crippen LogP contribution >= 0.6 is 7.82 Å². The van der Waals surface area contributed by atoms with Crippen molar-refractivity contribution in [2.45, 2.75) is 24.9 Å². The Hall–Kier alpha value is -3.31. The Labute approximate surface area is 175 Å². The van der Waals surface area contributed by atoms with E-state index >= 15 is 0 Å². The Morgan fingerprint density at radius 1 is 0.968 bits per heavy atom. The lowest BCUT2D eigenvalue weighted by Crippen LogP contribution is -2.50. The molecule has 0 spiro atoms. The molecule has 0 unspecified atom stereocenters. The first kappa shape index (κ1) is 24.0. The summed E-state index contributed by atoms with van der Waals surface area (Å²) in [7, 11) is -4.87. The van der Waals surface area contributed by atoms with Gasteiger partial charge in [0.05, 0.1) is 6.04 Å². The number of carboxylic acid groups (broad SMARTS) is 1. The minimum Gasteiger partial charge on any atom is -0.504 e. The normalized spacial score (nSPS) is 13.3. The van der Waals surface area contributed by atoms with Crippen LogP contribution in [0.25, 0.3) is 0 Å². The van der Waals surface area contributed by atoms with Crippen molar-refractivity contribution >= 4 is 19.7 Å². The number of benzene rings is 2. The number of phosphoric ester groups is 1. The van der Waals surface area contributed by atoms with E-state index in [2.05, 4.69) is 9.84 Å². The number of hydrogen-bond acceptors (Lipinski definition) is 8. The van der Waals surface area contributed by atoms with Gasteiger partial charge in [0.1, 0.15) is 6.04 Å². The van der Waals surface area contributed by atoms with Gasteiger partial charge < -0.3 is 36.0 Å². The summed E-state index contributed by atoms with van der Waals surface area (Å²) < 4.78 is 15.1. The van der Waals surface area contributed by atoms with Crippen molar-refractivity contribution in [3.8, 4) is 23.0 Å². The lowest BCUT2D eigenvalue weighted by atomic mass is 10.0. The number of phosphoric acid groups is 1. The number of rotatable bonds is 9. The van der Waals surface area contributed by atoms with Crippen LogP contribution < -0.4 is 15.6 Å². The molecule has 0 saturated heterocycles. The van der Waals surface area contributed by atoms with Gasteiger partial charge >= 0.3 is 13.8 Å². The van der Waals surface area contributed by atoms with Gasteiger partial charge in [-0.1, -0.05) is 12.1 Å². The molecule has 0 aromatic heterocycles. The van der Waals surface area contributed by atoms with Crippen LogP contribution in [0.1, 0.15) is 11.1 Å². The molecule has 0 bridgehead atoms. The zero-order chi connectivity index (χ0) is 23.3. The van der Waals surface area contributed by atoms with Gasteiger partial charge in [0.25, 0.3) is 0 Å². The third kappa shape index (κ3) is 7.15. The van der Waals surface area contributed by atoms with Gasteiger partial charge in [0.15, 0.2) is 23.0 Å². The molecule has 9 N–H and O–H groups in total. The number of aromatic hydroxyl groups is 3. The van der Waals surface area contributed by atoms with Crippen LogP contribution in [-0.2, 0) is 27.0 Å². The number of carbonyl (C=O) groups excluding carboxylic acids is 1. The van der Waals surface area contributed by atoms with E-state index in [1.807, 2.05) is 0 Å². The van der Waals surface area contributed by atoms with Crippen molar-refractivity contribution in [1.29, 1.82) is 0 Å². The van der Waals surface area contributed by atoms with Crippen LogP contribution in [-0.4, -0.2) is 54.2 Å². The number of phenolic OH excluding ortho intramolecular Hbond substituents is 3. The third-order valence-corrected chi connectivity index (χ3v) is 4.56. The second kappa shape index (κ2) is 9.67. The Morgan fingerprint density at radius 2 is 1.55 bits per heavy atom. The number of nitrogens with two attached hydrogens (primary N) is 1. The predicted molar refractivity (Wildman–Crippen MR) is 106 cm³/mol. The van der Waals surface area contributed by atoms with Crippen LogP contribution in [0.15, 0.2) is 36.4 Å². The van der Waals surface area contributed by atoms with Crippen molar-refractivity contribution < 1.29 is 48.9 Å². The second-order valence-corrected chi connectivity index (χ2v) is 7.78. The lowest BCUT2D eigenvalue weighted by molar-refractivity contribution is -0.142. The highest BCUT2D eigenvalue weighted by Gasteiger charge is 2.25. The van der Waals surface area contributed by atoms with E-state index in [4.69, 9.17) is 15.5 Å². The Balaban J connectivity index is 2.04. The summed E-state index contributed by atoms with van der Waals surface area (Å²) in [6, 6.07) is 4.69. The van der Waals surface area contributed by atoms with Crippen LogP contribution in [0.5, 0.6) is 23.0 Å². The number of amides is 1. The quantitative estimate of drug-likeness (QED) is 0.185. The summed E-state index contributed by atoms with van der Waals surface area (Å²) in [5.74, 6) is -3.99. The molecule has 0 aliphatic heterocycles. The second-order valence-electron chi connectivity index (χ2n) is 6.62. The fourth-order valence-corrected chi connectivity index (χ4v) is 3.06. The van der Waals surface area contributed by atoms with E-state index in [1.54, 1.807) is 0 Å². The minimum absolute atomic E-state index is 0.123. The van der Waals surface area contributed by atoms with Crippen LogP contribution in [0.4, 0.5) is 0 Å². The first-order chi connectivity index (χ1) is 14.4. The highest BCUT2D eigenvalue weighted by Crippen LogP contribution is 2.41. The summed E-state index contributed by atoms with van der Waals surface area (Å²) in [5.41, 5.74) is 6.49. The molecule has 2 aromatic rings. The number of carbonyl (C=O) groups is 2. The van der Waals surface area contributed by atoms with E-state index in [9.17, 15) is 34.6 Å². The molecule has 1 amide bonds. The van der Waals surface area contributed by atoms with Gasteiger partial charge in [-0.05, 0) is 41.8 Å². The Kier molecular flexibility index (Phi) is 7.47. The number of hydrogen-bond donors (Lipinski definition) is 8. The van der Waals surface area contributed by atoms with Gasteiger partial charge in [-0.15, -0.1) is 0 Å². The highest BCUT2D eigenvalue weighted by molar-refractivity contribution is 7.46. The zero-order valence-electron chi connectivity index (χ0n) is 15.9. The molecule has 0 aliphatic rings. The molecule has 0 aliphatic carbocycles. The third-order valence-electron chi connectivity index (χ3n) is 4.13. The van der Waals surface area contributed by atoms with Gasteiger partial charge in [0.2, 0.25) is 5.91 Å². The maximum atomic E-state index is 12.3. The predicted octanol–water partition coefficient (Wildman–Crippen LogP) is -0.0432. The summed E-state index contributed by atoms with van der Waals surface area (Å²) in [6.07, 6.45) is -0.307. The van der Waals surface area contributed by atoms with E-state index in [0.29, 0.717) is 11.1 Å². The van der Waals surface area contributed by atoms with Gasteiger partial charge in [0, 0.05) is 6.42 Å². The average Bonchev–Trinajstić information content (AvgIpc) is 2.65. The SMILES string of the molecule is N[C@@H](Cc1ccc(OP(=O)(O)O)c(O)c1)C(=O)N[C@@H](Cc1ccc(O)c(O)c1)C(=O)O. The molecule has 2 rings (SSSR count). The smallest absolute Gasteiger partial charge is 0.504 e. The minimum atomic E-state index is -4.87. The summed E-state index contributed by atoms with van der Waals surface area (Å²) in [5, 5.41) is 40.3. The number of nitrogens with one attached hydrogen (secondary N) is 1. The molecular weight excluding hydrogens is 435 g/mol. The summed E-state index contributed by atoms with van der Waals surface area (Å²) >= 11 is 0. The van der Waals surface area contributed by atoms with Crippen molar-refractivity contribution in [2.75, 3.05) is 0 Å². The summed E-state index contributed by atoms with van der Waals surface area (Å²) in [4.78, 5) is 41.4. The van der Waals surface area contributed by atoms with Crippen molar-refractivity contribution in [1.82, 2.24) is 5.32 Å². The molecule has 168 valence electrons. The maximum absolute atomic E-state index is 12.3. The van der Waals surface area contributed by atoms with Crippen LogP contribution in [0.3, 0.4) is 0 Å². The van der Waals surface area contributed by atoms with E-state index in [0.717, 1.165) is 12.1 Å². The van der Waals surface area contributed by atoms with Crippen molar-refractivity contribution in [3.63, 3.8) is 0 Å². The van der Waals surface area contributed by atoms with Gasteiger partial charge in [-0.3, -0.25) is 14.6 Å². The van der Waals surface area contributed by atoms with Crippen LogP contribution in [0, 0.1) is 0 Å². The van der Waals surface area contributed by atoms with E-state index < -0.39 is 49.0 Å². The van der Waals surface area contributed by atoms with E-state index in [1.165, 1.54) is 24.3 Å². The monoisotopic (exact) mass is 456 g/mol. The number of aliphatic carboxylic acids is 1. The largest absolute Gasteiger partial charge is 0.524 e. The molecule has 2 atom stereocenters. The van der Waals surface area contributed by atoms with Gasteiger partial charge in [-0.25, -0.2) is 9.36 Å². The molecule has 13 heteroatoms. The molecule has 2 aromatic carbocycles. The first-order valence-electron chi connectivity index (χ1n) is 8.72. The van der Waals surface area contributed by atoms with Crippen LogP contribution in [0.2, 0.25) is 0 Å². The first-order valence-corrected chi connectivity index (χ1v) is 10.3. The van der Waals surface area contributed by atoms with Crippen molar-refractivity contribution in [2.24, 2.45) is 5.73 Å². The number of carboxylic acids is 1. The molecule has 0 saturated carbocycles. The molecule has 0 radical (unpaired) electrons. The molecule has 12 nitrogen and oxygen atoms in total. The Morgan fingerprint density at radius 3 is 2.10 bits per heavy atom. The molecular formula is C18H21N2O10P. The average molecular weight is 456 g/mol. The maximum Gasteiger partial charge on any atom is 0.524 e. The number of phenols is 3. The molecule has 0 heterocycles. The molecule has 0 fully saturated rings. The fourth-order valence-electron chi connectivity index (χ4n) is 2.65.